The van der Waals surface area contributed by atoms with Gasteiger partial charge in [0, 0.05) is 23.2 Å². The van der Waals surface area contributed by atoms with Gasteiger partial charge in [-0.15, -0.1) is 0 Å². The molecule has 0 saturated heterocycles. The van der Waals surface area contributed by atoms with E-state index >= 15 is 0 Å². The topological polar surface area (TPSA) is 148 Å². The number of anilines is 3. The van der Waals surface area contributed by atoms with Gasteiger partial charge in [-0.2, -0.15) is 5.26 Å². The van der Waals surface area contributed by atoms with E-state index in [0.717, 1.165) is 29.9 Å². The fraction of sp³-hybridized carbons (Fsp3) is 0.286. The maximum Gasteiger partial charge on any atom is 0.297 e. The molecule has 1 aliphatic carbocycles. The van der Waals surface area contributed by atoms with E-state index in [-0.39, 0.29) is 11.6 Å². The second kappa shape index (κ2) is 7.24. The highest BCUT2D eigenvalue weighted by Crippen LogP contribution is 2.55. The van der Waals surface area contributed by atoms with Gasteiger partial charge >= 0.3 is 0 Å². The highest BCUT2D eigenvalue weighted by atomic mass is 16.1. The molecule has 2 aliphatic rings. The zero-order valence-corrected chi connectivity index (χ0v) is 16.5. The zero-order valence-electron chi connectivity index (χ0n) is 16.5. The van der Waals surface area contributed by atoms with Gasteiger partial charge in [0.2, 0.25) is 0 Å². The Morgan fingerprint density at radius 3 is 2.50 bits per heavy atom. The number of fused-ring (bicyclic) bond motifs is 1. The average Bonchev–Trinajstić information content (AvgIpc) is 3.54. The summed E-state index contributed by atoms with van der Waals surface area (Å²) in [6, 6.07) is 14.6. The minimum absolute atomic E-state index is 0.170. The monoisotopic (exact) mass is 402 g/mol. The standard InChI is InChI=1S/C21H22N8O/c1-13(23)29-17-7-4-15(19(30)26-27-25)10-18(17)28(12-21(8-9-21)20(29)24)16-5-2-14(11-22)3-6-16/h2-7,10,20,23H,8-9,12,24H2,1H3,(H2,25,26,30). The van der Waals surface area contributed by atoms with Crippen LogP contribution in [0.3, 0.4) is 0 Å². The van der Waals surface area contributed by atoms with Crippen LogP contribution in [-0.2, 0) is 0 Å². The number of benzene rings is 2. The summed E-state index contributed by atoms with van der Waals surface area (Å²) in [4.78, 5) is 16.2. The number of amidine groups is 1. The van der Waals surface area contributed by atoms with Crippen LogP contribution in [-0.4, -0.2) is 24.5 Å². The summed E-state index contributed by atoms with van der Waals surface area (Å²) in [7, 11) is 0. The smallest absolute Gasteiger partial charge is 0.297 e. The van der Waals surface area contributed by atoms with Crippen molar-refractivity contribution in [3.63, 3.8) is 0 Å². The lowest BCUT2D eigenvalue weighted by atomic mass is 10.0. The number of rotatable bonds is 2. The van der Waals surface area contributed by atoms with E-state index in [1.807, 2.05) is 17.0 Å². The molecule has 0 radical (unpaired) electrons. The third-order valence-corrected chi connectivity index (χ3v) is 5.86. The number of carbonyl (C=O) groups excluding carboxylic acids is 1. The molecule has 1 heterocycles. The third-order valence-electron chi connectivity index (χ3n) is 5.86. The van der Waals surface area contributed by atoms with Gasteiger partial charge in [0.25, 0.3) is 5.91 Å². The fourth-order valence-corrected chi connectivity index (χ4v) is 4.05. The minimum Gasteiger partial charge on any atom is -0.339 e. The van der Waals surface area contributed by atoms with Gasteiger partial charge in [-0.3, -0.25) is 10.2 Å². The molecule has 9 nitrogen and oxygen atoms in total. The van der Waals surface area contributed by atoms with Gasteiger partial charge in [0.15, 0.2) is 0 Å². The Morgan fingerprint density at radius 1 is 1.23 bits per heavy atom. The second-order valence-corrected chi connectivity index (χ2v) is 7.73. The maximum atomic E-state index is 12.3. The van der Waals surface area contributed by atoms with Crippen molar-refractivity contribution in [2.45, 2.75) is 25.9 Å². The molecule has 1 fully saturated rings. The van der Waals surface area contributed by atoms with E-state index in [0.29, 0.717) is 23.5 Å². The molecule has 1 spiro atoms. The van der Waals surface area contributed by atoms with Crippen LogP contribution >= 0.6 is 0 Å². The Kier molecular flexibility index (Phi) is 4.72. The van der Waals surface area contributed by atoms with Crippen LogP contribution in [0.1, 0.15) is 35.7 Å². The highest BCUT2D eigenvalue weighted by Gasteiger charge is 2.54. The molecule has 1 unspecified atom stereocenters. The lowest BCUT2D eigenvalue weighted by Crippen LogP contribution is -2.51. The largest absolute Gasteiger partial charge is 0.339 e. The summed E-state index contributed by atoms with van der Waals surface area (Å²) in [5, 5.41) is 24.0. The van der Waals surface area contributed by atoms with Crippen LogP contribution in [0.15, 0.2) is 52.8 Å². The van der Waals surface area contributed by atoms with Crippen LogP contribution in [0.25, 0.3) is 0 Å². The van der Waals surface area contributed by atoms with Crippen LogP contribution in [0, 0.1) is 22.2 Å². The summed E-state index contributed by atoms with van der Waals surface area (Å²) in [6.07, 6.45) is 1.54. The molecular formula is C21H22N8O. The van der Waals surface area contributed by atoms with Crippen LogP contribution in [0.2, 0.25) is 0 Å². The Morgan fingerprint density at radius 2 is 1.93 bits per heavy atom. The van der Waals surface area contributed by atoms with Crippen LogP contribution in [0.4, 0.5) is 17.1 Å². The van der Waals surface area contributed by atoms with E-state index in [1.165, 1.54) is 0 Å². The Balaban J connectivity index is 1.92. The molecular weight excluding hydrogens is 380 g/mol. The SMILES string of the molecule is CC(=N)N1c2ccc(C(=O)N=NN)cc2N(c2ccc(C#N)cc2)CC2(CC2)C1N. The van der Waals surface area contributed by atoms with Gasteiger partial charge in [-0.05, 0) is 62.2 Å². The summed E-state index contributed by atoms with van der Waals surface area (Å²) in [6.45, 7) is 2.34. The second-order valence-electron chi connectivity index (χ2n) is 7.73. The van der Waals surface area contributed by atoms with Crippen LogP contribution < -0.4 is 21.4 Å². The number of nitrogens with two attached hydrogens (primary N) is 2. The van der Waals surface area contributed by atoms with Crippen molar-refractivity contribution in [3.8, 4) is 6.07 Å². The summed E-state index contributed by atoms with van der Waals surface area (Å²) < 4.78 is 0. The Bertz CT molecular complexity index is 1080. The van der Waals surface area contributed by atoms with Gasteiger partial charge in [0.05, 0.1) is 35.0 Å². The summed E-state index contributed by atoms with van der Waals surface area (Å²) in [5.41, 5.74) is 9.76. The third kappa shape index (κ3) is 3.17. The molecule has 1 amide bonds. The van der Waals surface area contributed by atoms with E-state index in [2.05, 4.69) is 21.3 Å². The Hall–Kier alpha value is -3.77. The predicted molar refractivity (Wildman–Crippen MR) is 114 cm³/mol. The van der Waals surface area contributed by atoms with Crippen molar-refractivity contribution >= 4 is 28.8 Å². The first kappa shape index (κ1) is 19.5. The molecule has 5 N–H and O–H groups in total. The first-order valence-electron chi connectivity index (χ1n) is 9.57. The molecule has 30 heavy (non-hydrogen) atoms. The zero-order chi connectivity index (χ0) is 21.5. The van der Waals surface area contributed by atoms with Gasteiger partial charge < -0.3 is 21.4 Å². The number of hydrogen-bond donors (Lipinski definition) is 3. The lowest BCUT2D eigenvalue weighted by molar-refractivity contribution is 0.0993. The van der Waals surface area contributed by atoms with Crippen molar-refractivity contribution in [2.24, 2.45) is 27.3 Å². The number of hydrogen-bond acceptors (Lipinski definition) is 6. The van der Waals surface area contributed by atoms with E-state index < -0.39 is 5.91 Å². The first-order valence-corrected chi connectivity index (χ1v) is 9.57. The molecule has 2 aromatic carbocycles. The van der Waals surface area contributed by atoms with E-state index in [9.17, 15) is 4.79 Å². The highest BCUT2D eigenvalue weighted by molar-refractivity contribution is 6.02. The number of carbonyl (C=O) groups is 1. The number of nitrogens with zero attached hydrogens (tertiary/aromatic N) is 5. The van der Waals surface area contributed by atoms with Gasteiger partial charge in [0.1, 0.15) is 0 Å². The van der Waals surface area contributed by atoms with E-state index in [4.69, 9.17) is 22.2 Å². The van der Waals surface area contributed by atoms with Gasteiger partial charge in [-0.1, -0.05) is 10.3 Å². The molecule has 0 bridgehead atoms. The van der Waals surface area contributed by atoms with Crippen molar-refractivity contribution in [2.75, 3.05) is 16.3 Å². The molecule has 1 aliphatic heterocycles. The average molecular weight is 402 g/mol. The molecule has 9 heteroatoms. The quantitative estimate of drug-likeness (QED) is 0.231. The lowest BCUT2D eigenvalue weighted by Gasteiger charge is -2.33. The molecule has 1 atom stereocenters. The molecule has 2 aromatic rings. The predicted octanol–water partition coefficient (Wildman–Crippen LogP) is 3.04. The number of nitriles is 1. The van der Waals surface area contributed by atoms with E-state index in [1.54, 1.807) is 37.3 Å². The first-order chi connectivity index (χ1) is 14.4. The van der Waals surface area contributed by atoms with Crippen molar-refractivity contribution in [1.29, 1.82) is 10.7 Å². The number of amides is 1. The minimum atomic E-state index is -0.548. The van der Waals surface area contributed by atoms with Crippen molar-refractivity contribution in [1.82, 2.24) is 0 Å². The van der Waals surface area contributed by atoms with Crippen molar-refractivity contribution in [3.05, 3.63) is 53.6 Å². The van der Waals surface area contributed by atoms with Crippen molar-refractivity contribution < 1.29 is 4.79 Å². The summed E-state index contributed by atoms with van der Waals surface area (Å²) in [5.74, 6) is 4.83. The Labute approximate surface area is 174 Å². The van der Waals surface area contributed by atoms with Gasteiger partial charge in [-0.25, -0.2) is 0 Å². The normalized spacial score (nSPS) is 19.3. The maximum absolute atomic E-state index is 12.3. The molecule has 1 saturated carbocycles. The molecule has 0 aromatic heterocycles. The number of nitrogens with one attached hydrogen (secondary N) is 1. The summed E-state index contributed by atoms with van der Waals surface area (Å²) >= 11 is 0. The fourth-order valence-electron chi connectivity index (χ4n) is 4.05. The molecule has 4 rings (SSSR count). The van der Waals surface area contributed by atoms with Crippen LogP contribution in [0.5, 0.6) is 0 Å². The molecule has 152 valence electrons.